The lowest BCUT2D eigenvalue weighted by Crippen LogP contribution is -2.39. The summed E-state index contributed by atoms with van der Waals surface area (Å²) in [5.41, 5.74) is -0.220. The van der Waals surface area contributed by atoms with Gasteiger partial charge in [-0.1, -0.05) is 107 Å². The van der Waals surface area contributed by atoms with Crippen molar-refractivity contribution in [2.45, 2.75) is 99.1 Å². The molecule has 0 bridgehead atoms. The van der Waals surface area contributed by atoms with E-state index in [0.717, 1.165) is 21.3 Å². The number of halogens is 6. The molecular formula is C24H34Cl3F2IO2S2. The van der Waals surface area contributed by atoms with E-state index in [2.05, 4.69) is 50.3 Å². The first-order valence-corrected chi connectivity index (χ1v) is 15.0. The predicted octanol–water partition coefficient (Wildman–Crippen LogP) is 10.6. The Kier molecular flexibility index (Phi) is 14.6. The summed E-state index contributed by atoms with van der Waals surface area (Å²) in [5.74, 6) is -0.0994. The van der Waals surface area contributed by atoms with E-state index in [1.807, 2.05) is 0 Å². The zero-order valence-corrected chi connectivity index (χ0v) is 26.1. The molecule has 34 heavy (non-hydrogen) atoms. The molecule has 0 saturated carbocycles. The molecule has 0 saturated heterocycles. The summed E-state index contributed by atoms with van der Waals surface area (Å²) in [6.07, 6.45) is 5.76. The standard InChI is InChI=1S/C24H34Cl3F2IO2S2/c1-5-6-7-8-9-10-11-12-15-31-21(33)20(22(2,3)4)34-19-16-17(13-14-18(19)30)32-24(28,29)23(25,26)27/h13-14,16,20H,5-12,15H2,1-4H3. The Morgan fingerprint density at radius 3 is 2.12 bits per heavy atom. The Morgan fingerprint density at radius 1 is 1.03 bits per heavy atom. The number of benzene rings is 1. The van der Waals surface area contributed by atoms with Crippen molar-refractivity contribution >= 4 is 86.4 Å². The van der Waals surface area contributed by atoms with Gasteiger partial charge in [-0.05, 0) is 64.8 Å². The van der Waals surface area contributed by atoms with Gasteiger partial charge >= 0.3 is 6.11 Å². The first-order chi connectivity index (χ1) is 15.7. The molecule has 0 spiro atoms. The summed E-state index contributed by atoms with van der Waals surface area (Å²) in [6, 6.07) is 4.60. The molecule has 1 aromatic carbocycles. The van der Waals surface area contributed by atoms with Gasteiger partial charge < -0.3 is 9.47 Å². The Hall–Kier alpha value is 0.720. The fraction of sp³-hybridized carbons (Fsp3) is 0.708. The molecule has 196 valence electrons. The van der Waals surface area contributed by atoms with E-state index >= 15 is 0 Å². The van der Waals surface area contributed by atoms with Gasteiger partial charge in [0, 0.05) is 8.47 Å². The monoisotopic (exact) mass is 688 g/mol. The summed E-state index contributed by atoms with van der Waals surface area (Å²) in [5, 5.41) is 0.336. The first kappa shape index (κ1) is 32.7. The minimum Gasteiger partial charge on any atom is -0.486 e. The second-order valence-corrected chi connectivity index (χ2v) is 14.2. The van der Waals surface area contributed by atoms with Crippen LogP contribution in [0.1, 0.15) is 79.1 Å². The second kappa shape index (κ2) is 15.2. The topological polar surface area (TPSA) is 18.5 Å². The maximum absolute atomic E-state index is 14.1. The third-order valence-corrected chi connectivity index (χ3v) is 9.18. The molecule has 0 aliphatic carbocycles. The fourth-order valence-electron chi connectivity index (χ4n) is 3.03. The Balaban J connectivity index is 2.74. The minimum absolute atomic E-state index is 0.0994. The number of thioether (sulfide) groups is 1. The van der Waals surface area contributed by atoms with E-state index in [0.29, 0.717) is 11.7 Å². The zero-order valence-electron chi connectivity index (χ0n) is 20.1. The van der Waals surface area contributed by atoms with Crippen molar-refractivity contribution in [1.29, 1.82) is 0 Å². The maximum Gasteiger partial charge on any atom is 0.446 e. The van der Waals surface area contributed by atoms with Crippen molar-refractivity contribution < 1.29 is 18.3 Å². The molecule has 0 aromatic heterocycles. The van der Waals surface area contributed by atoms with Gasteiger partial charge in [0.25, 0.3) is 3.79 Å². The lowest BCUT2D eigenvalue weighted by Gasteiger charge is -2.31. The van der Waals surface area contributed by atoms with Crippen molar-refractivity contribution in [1.82, 2.24) is 0 Å². The van der Waals surface area contributed by atoms with Crippen molar-refractivity contribution in [3.63, 3.8) is 0 Å². The normalized spacial score (nSPS) is 13.6. The van der Waals surface area contributed by atoms with E-state index in [1.54, 1.807) is 6.07 Å². The van der Waals surface area contributed by atoms with Crippen LogP contribution in [-0.4, -0.2) is 26.8 Å². The van der Waals surface area contributed by atoms with E-state index < -0.39 is 9.90 Å². The molecule has 0 fully saturated rings. The molecule has 0 heterocycles. The van der Waals surface area contributed by atoms with Crippen LogP contribution >= 0.6 is 81.4 Å². The van der Waals surface area contributed by atoms with Crippen molar-refractivity contribution in [3.8, 4) is 5.75 Å². The van der Waals surface area contributed by atoms with Gasteiger partial charge in [-0.3, -0.25) is 0 Å². The molecule has 1 aromatic rings. The number of alkyl halides is 5. The molecule has 0 aliphatic heterocycles. The number of ether oxygens (including phenoxy) is 2. The maximum atomic E-state index is 14.1. The van der Waals surface area contributed by atoms with Crippen molar-refractivity contribution in [2.24, 2.45) is 5.41 Å². The molecular weight excluding hydrogens is 656 g/mol. The Labute approximate surface area is 241 Å². The number of hydrogen-bond acceptors (Lipinski definition) is 4. The van der Waals surface area contributed by atoms with Gasteiger partial charge in [-0.2, -0.15) is 8.78 Å². The van der Waals surface area contributed by atoms with Crippen LogP contribution in [-0.2, 0) is 4.74 Å². The van der Waals surface area contributed by atoms with Gasteiger partial charge in [0.15, 0.2) is 5.05 Å². The molecule has 0 N–H and O–H groups in total. The van der Waals surface area contributed by atoms with Crippen LogP contribution in [0, 0.1) is 8.99 Å². The molecule has 0 amide bonds. The first-order valence-electron chi connectivity index (χ1n) is 11.5. The van der Waals surface area contributed by atoms with Gasteiger partial charge in [-0.15, -0.1) is 11.8 Å². The highest BCUT2D eigenvalue weighted by Gasteiger charge is 2.54. The number of rotatable bonds is 14. The summed E-state index contributed by atoms with van der Waals surface area (Å²) >= 11 is 25.3. The minimum atomic E-state index is -3.98. The van der Waals surface area contributed by atoms with Crippen LogP contribution in [0.25, 0.3) is 0 Å². The number of hydrogen-bond donors (Lipinski definition) is 0. The largest absolute Gasteiger partial charge is 0.486 e. The lowest BCUT2D eigenvalue weighted by molar-refractivity contribution is -0.171. The molecule has 1 rings (SSSR count). The number of thiocarbonyl (C=S) groups is 1. The summed E-state index contributed by atoms with van der Waals surface area (Å²) in [4.78, 5) is 0.733. The highest BCUT2D eigenvalue weighted by atomic mass is 127. The lowest BCUT2D eigenvalue weighted by atomic mass is 9.92. The fourth-order valence-corrected chi connectivity index (χ4v) is 5.58. The molecule has 0 radical (unpaired) electrons. The van der Waals surface area contributed by atoms with Gasteiger partial charge in [-0.25, -0.2) is 0 Å². The molecule has 0 aliphatic rings. The van der Waals surface area contributed by atoms with Crippen LogP contribution < -0.4 is 4.74 Å². The van der Waals surface area contributed by atoms with Gasteiger partial charge in [0.1, 0.15) is 5.75 Å². The van der Waals surface area contributed by atoms with E-state index in [4.69, 9.17) is 56.5 Å². The summed E-state index contributed by atoms with van der Waals surface area (Å²) in [6.45, 7) is 9.01. The van der Waals surface area contributed by atoms with Crippen LogP contribution in [0.4, 0.5) is 8.78 Å². The quantitative estimate of drug-likeness (QED) is 0.0636. The van der Waals surface area contributed by atoms with Crippen molar-refractivity contribution in [2.75, 3.05) is 6.61 Å². The zero-order chi connectivity index (χ0) is 26.0. The van der Waals surface area contributed by atoms with Crippen LogP contribution in [0.3, 0.4) is 0 Å². The highest BCUT2D eigenvalue weighted by molar-refractivity contribution is 14.1. The smallest absolute Gasteiger partial charge is 0.446 e. The van der Waals surface area contributed by atoms with E-state index in [9.17, 15) is 8.78 Å². The average Bonchev–Trinajstić information content (AvgIpc) is 2.70. The third-order valence-electron chi connectivity index (χ3n) is 4.97. The van der Waals surface area contributed by atoms with Gasteiger partial charge in [0.2, 0.25) is 0 Å². The Morgan fingerprint density at radius 2 is 1.59 bits per heavy atom. The van der Waals surface area contributed by atoms with E-state index in [1.165, 1.54) is 62.4 Å². The summed E-state index contributed by atoms with van der Waals surface area (Å²) < 4.78 is 36.8. The molecule has 1 atom stereocenters. The molecule has 1 unspecified atom stereocenters. The van der Waals surface area contributed by atoms with Crippen LogP contribution in [0.5, 0.6) is 5.75 Å². The van der Waals surface area contributed by atoms with Crippen LogP contribution in [0.2, 0.25) is 0 Å². The second-order valence-electron chi connectivity index (χ2n) is 9.22. The van der Waals surface area contributed by atoms with Crippen molar-refractivity contribution in [3.05, 3.63) is 21.8 Å². The van der Waals surface area contributed by atoms with Crippen LogP contribution in [0.15, 0.2) is 23.1 Å². The highest BCUT2D eigenvalue weighted by Crippen LogP contribution is 2.45. The summed E-state index contributed by atoms with van der Waals surface area (Å²) in [7, 11) is 0. The van der Waals surface area contributed by atoms with Gasteiger partial charge in [0.05, 0.1) is 11.9 Å². The molecule has 10 heteroatoms. The molecule has 2 nitrogen and oxygen atoms in total. The number of unbranched alkanes of at least 4 members (excludes halogenated alkanes) is 7. The predicted molar refractivity (Wildman–Crippen MR) is 155 cm³/mol. The Bertz CT molecular complexity index is 772. The van der Waals surface area contributed by atoms with E-state index in [-0.39, 0.29) is 16.4 Å². The third kappa shape index (κ3) is 11.8. The SMILES string of the molecule is CCCCCCCCCCOC(=S)C(Sc1cc(OC(F)(F)C(Cl)(Cl)Cl)ccc1I)C(C)(C)C. The average molecular weight is 690 g/mol.